The molecule has 1 rings (SSSR count). The van der Waals surface area contributed by atoms with Crippen molar-refractivity contribution in [2.75, 3.05) is 0 Å². The van der Waals surface area contributed by atoms with E-state index in [0.29, 0.717) is 5.75 Å². The van der Waals surface area contributed by atoms with Gasteiger partial charge in [-0.15, -0.1) is 0 Å². The summed E-state index contributed by atoms with van der Waals surface area (Å²) in [4.78, 5) is 0. The number of aromatic hydroxyl groups is 1. The molecule has 0 fully saturated rings. The number of phenols is 1. The molecule has 0 bridgehead atoms. The van der Waals surface area contributed by atoms with Gasteiger partial charge >= 0.3 is 0 Å². The van der Waals surface area contributed by atoms with Crippen molar-refractivity contribution in [3.05, 3.63) is 29.8 Å². The lowest BCUT2D eigenvalue weighted by molar-refractivity contribution is 0.469. The topological polar surface area (TPSA) is 20.2 Å². The Balaban J connectivity index is 0.000000810. The highest BCUT2D eigenvalue weighted by atomic mass is 31.0. The van der Waals surface area contributed by atoms with Gasteiger partial charge in [-0.3, -0.25) is 0 Å². The van der Waals surface area contributed by atoms with Gasteiger partial charge in [-0.2, -0.15) is 9.90 Å². The third-order valence-electron chi connectivity index (χ3n) is 1.37. The Morgan fingerprint density at radius 3 is 2.30 bits per heavy atom. The summed E-state index contributed by atoms with van der Waals surface area (Å²) in [6, 6.07) is 7.39. The second-order valence-corrected chi connectivity index (χ2v) is 1.98. The predicted octanol–water partition coefficient (Wildman–Crippen LogP) is 2.01. The minimum Gasteiger partial charge on any atom is -0.508 e. The third kappa shape index (κ3) is 2.00. The molecule has 10 heavy (non-hydrogen) atoms. The molecule has 0 saturated heterocycles. The van der Waals surface area contributed by atoms with Crippen LogP contribution in [-0.4, -0.2) is 5.11 Å². The van der Waals surface area contributed by atoms with Gasteiger partial charge in [0.1, 0.15) is 5.75 Å². The molecule has 0 radical (unpaired) electrons. The SMILES string of the molecule is CCc1ccccc1O.P. The summed E-state index contributed by atoms with van der Waals surface area (Å²) in [5, 5.41) is 9.11. The van der Waals surface area contributed by atoms with Gasteiger partial charge in [0.2, 0.25) is 0 Å². The smallest absolute Gasteiger partial charge is 0.118 e. The monoisotopic (exact) mass is 156 g/mol. The zero-order valence-electron chi connectivity index (χ0n) is 6.17. The summed E-state index contributed by atoms with van der Waals surface area (Å²) >= 11 is 0. The normalized spacial score (nSPS) is 8.50. The van der Waals surface area contributed by atoms with Crippen LogP contribution in [0.4, 0.5) is 0 Å². The van der Waals surface area contributed by atoms with Crippen LogP contribution < -0.4 is 0 Å². The Bertz CT molecular complexity index is 198. The van der Waals surface area contributed by atoms with Crippen molar-refractivity contribution < 1.29 is 5.11 Å². The molecule has 1 N–H and O–H groups in total. The molecule has 0 aromatic heterocycles. The fourth-order valence-electron chi connectivity index (χ4n) is 0.810. The summed E-state index contributed by atoms with van der Waals surface area (Å²) < 4.78 is 0. The molecule has 1 nitrogen and oxygen atoms in total. The molecule has 1 atom stereocenters. The van der Waals surface area contributed by atoms with Crippen LogP contribution in [0.15, 0.2) is 24.3 Å². The summed E-state index contributed by atoms with van der Waals surface area (Å²) in [6.07, 6.45) is 0.896. The molecule has 0 amide bonds. The van der Waals surface area contributed by atoms with Gasteiger partial charge in [0.25, 0.3) is 0 Å². The van der Waals surface area contributed by atoms with Gasteiger partial charge in [0.05, 0.1) is 0 Å². The van der Waals surface area contributed by atoms with E-state index >= 15 is 0 Å². The largest absolute Gasteiger partial charge is 0.508 e. The highest BCUT2D eigenvalue weighted by Crippen LogP contribution is 2.14. The van der Waals surface area contributed by atoms with Gasteiger partial charge in [0, 0.05) is 0 Å². The predicted molar refractivity (Wildman–Crippen MR) is 48.6 cm³/mol. The Kier molecular flexibility index (Phi) is 4.06. The van der Waals surface area contributed by atoms with Crippen LogP contribution in [0.2, 0.25) is 0 Å². The maximum absolute atomic E-state index is 9.11. The van der Waals surface area contributed by atoms with E-state index in [-0.39, 0.29) is 9.90 Å². The quantitative estimate of drug-likeness (QED) is 0.616. The summed E-state index contributed by atoms with van der Waals surface area (Å²) in [5.41, 5.74) is 1.01. The average molecular weight is 156 g/mol. The molecule has 0 aliphatic rings. The first-order valence-electron chi connectivity index (χ1n) is 3.11. The van der Waals surface area contributed by atoms with E-state index in [2.05, 4.69) is 0 Å². The fourth-order valence-corrected chi connectivity index (χ4v) is 0.810. The molecule has 0 aliphatic heterocycles. The van der Waals surface area contributed by atoms with Crippen molar-refractivity contribution in [2.24, 2.45) is 0 Å². The summed E-state index contributed by atoms with van der Waals surface area (Å²) in [6.45, 7) is 2.02. The van der Waals surface area contributed by atoms with E-state index in [1.54, 1.807) is 6.07 Å². The Hall–Kier alpha value is -0.550. The Labute approximate surface area is 64.7 Å². The Morgan fingerprint density at radius 1 is 1.30 bits per heavy atom. The van der Waals surface area contributed by atoms with Crippen molar-refractivity contribution in [1.82, 2.24) is 0 Å². The van der Waals surface area contributed by atoms with Crippen molar-refractivity contribution in [1.29, 1.82) is 0 Å². The van der Waals surface area contributed by atoms with Crippen molar-refractivity contribution >= 4 is 9.90 Å². The standard InChI is InChI=1S/C8H10O.H3P/c1-2-7-5-3-4-6-8(7)9;/h3-6,9H,2H2,1H3;1H3. The van der Waals surface area contributed by atoms with Gasteiger partial charge in [-0.25, -0.2) is 0 Å². The molecule has 1 unspecified atom stereocenters. The number of benzene rings is 1. The lowest BCUT2D eigenvalue weighted by atomic mass is 10.1. The second kappa shape index (κ2) is 4.29. The van der Waals surface area contributed by atoms with E-state index in [4.69, 9.17) is 5.11 Å². The first-order chi connectivity index (χ1) is 4.34. The van der Waals surface area contributed by atoms with E-state index < -0.39 is 0 Å². The number of para-hydroxylation sites is 1. The first kappa shape index (κ1) is 9.45. The number of phenolic OH excluding ortho intramolecular Hbond substituents is 1. The number of hydrogen-bond acceptors (Lipinski definition) is 1. The van der Waals surface area contributed by atoms with Crippen molar-refractivity contribution in [3.8, 4) is 5.75 Å². The van der Waals surface area contributed by atoms with Gasteiger partial charge < -0.3 is 5.11 Å². The van der Waals surface area contributed by atoms with Crippen molar-refractivity contribution in [3.63, 3.8) is 0 Å². The molecule has 0 heterocycles. The number of aryl methyl sites for hydroxylation is 1. The molecular formula is C8H13OP. The van der Waals surface area contributed by atoms with E-state index in [1.807, 2.05) is 25.1 Å². The molecule has 1 aromatic carbocycles. The van der Waals surface area contributed by atoms with Crippen LogP contribution >= 0.6 is 9.90 Å². The molecular weight excluding hydrogens is 143 g/mol. The van der Waals surface area contributed by atoms with Crippen LogP contribution in [0.25, 0.3) is 0 Å². The lowest BCUT2D eigenvalue weighted by Crippen LogP contribution is -1.77. The number of hydrogen-bond donors (Lipinski definition) is 1. The van der Waals surface area contributed by atoms with Crippen LogP contribution in [0.3, 0.4) is 0 Å². The van der Waals surface area contributed by atoms with Gasteiger partial charge in [-0.05, 0) is 18.1 Å². The minimum atomic E-state index is 0. The van der Waals surface area contributed by atoms with E-state index in [0.717, 1.165) is 12.0 Å². The highest BCUT2D eigenvalue weighted by molar-refractivity contribution is 6.92. The molecule has 0 aliphatic carbocycles. The van der Waals surface area contributed by atoms with Crippen molar-refractivity contribution in [2.45, 2.75) is 13.3 Å². The molecule has 0 spiro atoms. The molecule has 1 aromatic rings. The Morgan fingerprint density at radius 2 is 1.90 bits per heavy atom. The van der Waals surface area contributed by atoms with Gasteiger partial charge in [0.15, 0.2) is 0 Å². The molecule has 0 saturated carbocycles. The van der Waals surface area contributed by atoms with Crippen LogP contribution in [0.5, 0.6) is 5.75 Å². The fraction of sp³-hybridized carbons (Fsp3) is 0.250. The third-order valence-corrected chi connectivity index (χ3v) is 1.37. The second-order valence-electron chi connectivity index (χ2n) is 1.98. The summed E-state index contributed by atoms with van der Waals surface area (Å²) in [7, 11) is 0. The van der Waals surface area contributed by atoms with Gasteiger partial charge in [-0.1, -0.05) is 25.1 Å². The van der Waals surface area contributed by atoms with Crippen LogP contribution in [-0.2, 0) is 6.42 Å². The highest BCUT2D eigenvalue weighted by Gasteiger charge is 1.92. The van der Waals surface area contributed by atoms with E-state index in [1.165, 1.54) is 0 Å². The minimum absolute atomic E-state index is 0. The molecule has 2 heteroatoms. The van der Waals surface area contributed by atoms with Crippen LogP contribution in [0, 0.1) is 0 Å². The summed E-state index contributed by atoms with van der Waals surface area (Å²) in [5.74, 6) is 0.403. The zero-order valence-corrected chi connectivity index (χ0v) is 7.59. The maximum Gasteiger partial charge on any atom is 0.118 e. The zero-order chi connectivity index (χ0) is 6.69. The number of rotatable bonds is 1. The molecule has 56 valence electrons. The maximum atomic E-state index is 9.11. The first-order valence-corrected chi connectivity index (χ1v) is 3.11. The lowest BCUT2D eigenvalue weighted by Gasteiger charge is -1.97. The average Bonchev–Trinajstić information content (AvgIpc) is 1.89. The van der Waals surface area contributed by atoms with E-state index in [9.17, 15) is 0 Å². The van der Waals surface area contributed by atoms with Crippen LogP contribution in [0.1, 0.15) is 12.5 Å².